The molecule has 144 valence electrons. The number of para-hydroxylation sites is 2. The molecule has 0 heterocycles. The van der Waals surface area contributed by atoms with Crippen LogP contribution in [0.1, 0.15) is 21.5 Å². The predicted octanol–water partition coefficient (Wildman–Crippen LogP) is 5.80. The van der Waals surface area contributed by atoms with Crippen molar-refractivity contribution in [2.45, 2.75) is 13.8 Å². The number of aryl methyl sites for hydroxylation is 2. The normalized spacial score (nSPS) is 11.0. The number of hydrogen-bond donors (Lipinski definition) is 0. The molecule has 6 heteroatoms. The van der Waals surface area contributed by atoms with Gasteiger partial charge in [-0.15, -0.1) is 0 Å². The van der Waals surface area contributed by atoms with Crippen LogP contribution >= 0.6 is 7.60 Å². The van der Waals surface area contributed by atoms with Crippen molar-refractivity contribution in [2.75, 3.05) is 7.11 Å². The van der Waals surface area contributed by atoms with Crippen molar-refractivity contribution >= 4 is 13.1 Å². The molecule has 0 amide bonds. The Labute approximate surface area is 164 Å². The van der Waals surface area contributed by atoms with Gasteiger partial charge >= 0.3 is 7.60 Å². The first kappa shape index (κ1) is 19.7. The molecular weight excluding hydrogens is 375 g/mol. The molecule has 5 nitrogen and oxygen atoms in total. The van der Waals surface area contributed by atoms with E-state index in [4.69, 9.17) is 13.8 Å². The molecule has 0 aromatic heterocycles. The Balaban J connectivity index is 2.02. The van der Waals surface area contributed by atoms with Gasteiger partial charge in [-0.1, -0.05) is 36.4 Å². The summed E-state index contributed by atoms with van der Waals surface area (Å²) in [6.45, 7) is 3.62. The highest BCUT2D eigenvalue weighted by Crippen LogP contribution is 2.52. The molecule has 3 rings (SSSR count). The lowest BCUT2D eigenvalue weighted by Gasteiger charge is -2.20. The minimum atomic E-state index is -4.23. The Morgan fingerprint density at radius 2 is 1.21 bits per heavy atom. The molecule has 0 aliphatic rings. The maximum Gasteiger partial charge on any atom is 0.503 e. The lowest BCUT2D eigenvalue weighted by Crippen LogP contribution is -2.12. The van der Waals surface area contributed by atoms with Crippen LogP contribution in [-0.2, 0) is 4.57 Å². The average molecular weight is 396 g/mol. The standard InChI is InChI=1S/C22H21O5P/c1-16-8-4-6-10-20(16)26-28(24,27-21-11-7-5-9-17(21)2)22(23)18-12-14-19(25-3)15-13-18/h4-15H,1-3H3. The van der Waals surface area contributed by atoms with E-state index < -0.39 is 13.1 Å². The fraction of sp³-hybridized carbons (Fsp3) is 0.136. The van der Waals surface area contributed by atoms with Crippen LogP contribution in [0.2, 0.25) is 0 Å². The summed E-state index contributed by atoms with van der Waals surface area (Å²) in [5, 5.41) is 0. The van der Waals surface area contributed by atoms with E-state index in [1.54, 1.807) is 36.4 Å². The summed E-state index contributed by atoms with van der Waals surface area (Å²) in [5.41, 5.74) is 0.991. The zero-order valence-electron chi connectivity index (χ0n) is 15.9. The fourth-order valence-electron chi connectivity index (χ4n) is 2.57. The molecular formula is C22H21O5P. The third-order valence-corrected chi connectivity index (χ3v) is 5.84. The van der Waals surface area contributed by atoms with Crippen molar-refractivity contribution in [1.29, 1.82) is 0 Å². The highest BCUT2D eigenvalue weighted by atomic mass is 31.2. The summed E-state index contributed by atoms with van der Waals surface area (Å²) >= 11 is 0. The molecule has 0 aliphatic carbocycles. The number of ether oxygens (including phenoxy) is 1. The quantitative estimate of drug-likeness (QED) is 0.472. The zero-order valence-corrected chi connectivity index (χ0v) is 16.8. The Hall–Kier alpha value is -3.04. The largest absolute Gasteiger partial charge is 0.503 e. The summed E-state index contributed by atoms with van der Waals surface area (Å²) in [6, 6.07) is 20.4. The molecule has 0 aliphatic heterocycles. The Morgan fingerprint density at radius 3 is 1.64 bits per heavy atom. The van der Waals surface area contributed by atoms with Gasteiger partial charge in [0.25, 0.3) is 5.52 Å². The Kier molecular flexibility index (Phi) is 5.86. The third-order valence-electron chi connectivity index (χ3n) is 4.21. The molecule has 0 fully saturated rings. The van der Waals surface area contributed by atoms with E-state index in [0.717, 1.165) is 11.1 Å². The first-order valence-electron chi connectivity index (χ1n) is 8.72. The number of hydrogen-bond acceptors (Lipinski definition) is 5. The van der Waals surface area contributed by atoms with Crippen molar-refractivity contribution < 1.29 is 23.1 Å². The van der Waals surface area contributed by atoms with Crippen LogP contribution in [0, 0.1) is 13.8 Å². The number of benzene rings is 3. The molecule has 0 N–H and O–H groups in total. The van der Waals surface area contributed by atoms with Crippen LogP contribution < -0.4 is 13.8 Å². The molecule has 28 heavy (non-hydrogen) atoms. The van der Waals surface area contributed by atoms with Gasteiger partial charge in [-0.05, 0) is 61.4 Å². The van der Waals surface area contributed by atoms with Crippen LogP contribution in [0.5, 0.6) is 17.2 Å². The van der Waals surface area contributed by atoms with E-state index >= 15 is 0 Å². The Morgan fingerprint density at radius 1 is 0.750 bits per heavy atom. The lowest BCUT2D eigenvalue weighted by atomic mass is 10.2. The molecule has 0 radical (unpaired) electrons. The van der Waals surface area contributed by atoms with Gasteiger partial charge in [-0.2, -0.15) is 0 Å². The van der Waals surface area contributed by atoms with E-state index in [0.29, 0.717) is 17.2 Å². The first-order valence-corrected chi connectivity index (χ1v) is 10.3. The first-order chi connectivity index (χ1) is 13.4. The fourth-order valence-corrected chi connectivity index (χ4v) is 4.17. The van der Waals surface area contributed by atoms with Gasteiger partial charge in [-0.25, -0.2) is 4.57 Å². The highest BCUT2D eigenvalue weighted by Gasteiger charge is 2.40. The number of carbonyl (C=O) groups excluding carboxylic acids is 1. The second-order valence-electron chi connectivity index (χ2n) is 6.24. The van der Waals surface area contributed by atoms with E-state index in [9.17, 15) is 9.36 Å². The highest BCUT2D eigenvalue weighted by molar-refractivity contribution is 7.73. The van der Waals surface area contributed by atoms with Gasteiger partial charge in [0.15, 0.2) is 0 Å². The Bertz CT molecular complexity index is 976. The van der Waals surface area contributed by atoms with E-state index in [2.05, 4.69) is 0 Å². The van der Waals surface area contributed by atoms with Crippen molar-refractivity contribution in [1.82, 2.24) is 0 Å². The molecule has 0 atom stereocenters. The molecule has 0 bridgehead atoms. The van der Waals surface area contributed by atoms with Gasteiger partial charge in [0.2, 0.25) is 0 Å². The van der Waals surface area contributed by atoms with Gasteiger partial charge in [0.1, 0.15) is 17.2 Å². The van der Waals surface area contributed by atoms with Crippen LogP contribution in [0.4, 0.5) is 0 Å². The van der Waals surface area contributed by atoms with Crippen LogP contribution in [0.3, 0.4) is 0 Å². The molecule has 3 aromatic rings. The number of methoxy groups -OCH3 is 1. The molecule has 3 aromatic carbocycles. The average Bonchev–Trinajstić information content (AvgIpc) is 2.71. The molecule has 0 saturated carbocycles. The van der Waals surface area contributed by atoms with Crippen molar-refractivity contribution in [3.05, 3.63) is 89.5 Å². The predicted molar refractivity (Wildman–Crippen MR) is 109 cm³/mol. The van der Waals surface area contributed by atoms with Crippen molar-refractivity contribution in [3.8, 4) is 17.2 Å². The second-order valence-corrected chi connectivity index (χ2v) is 8.01. The maximum absolute atomic E-state index is 13.7. The molecule has 0 unspecified atom stereocenters. The topological polar surface area (TPSA) is 61.8 Å². The van der Waals surface area contributed by atoms with E-state index in [1.807, 2.05) is 38.1 Å². The summed E-state index contributed by atoms with van der Waals surface area (Å²) in [4.78, 5) is 13.1. The monoisotopic (exact) mass is 396 g/mol. The van der Waals surface area contributed by atoms with Gasteiger partial charge in [-0.3, -0.25) is 4.79 Å². The maximum atomic E-state index is 13.7. The number of rotatable bonds is 7. The van der Waals surface area contributed by atoms with Crippen LogP contribution in [-0.4, -0.2) is 12.6 Å². The van der Waals surface area contributed by atoms with Crippen molar-refractivity contribution in [2.24, 2.45) is 0 Å². The van der Waals surface area contributed by atoms with Gasteiger partial charge < -0.3 is 13.8 Å². The summed E-state index contributed by atoms with van der Waals surface area (Å²) < 4.78 is 30.2. The minimum absolute atomic E-state index is 0.214. The summed E-state index contributed by atoms with van der Waals surface area (Å²) in [5.74, 6) is 1.26. The zero-order chi connectivity index (χ0) is 20.1. The van der Waals surface area contributed by atoms with E-state index in [1.165, 1.54) is 19.2 Å². The van der Waals surface area contributed by atoms with Gasteiger partial charge in [0.05, 0.1) is 7.11 Å². The number of carbonyl (C=O) groups is 1. The van der Waals surface area contributed by atoms with Crippen LogP contribution in [0.15, 0.2) is 72.8 Å². The summed E-state index contributed by atoms with van der Waals surface area (Å²) in [7, 11) is -2.70. The molecule has 0 saturated heterocycles. The van der Waals surface area contributed by atoms with E-state index in [-0.39, 0.29) is 5.56 Å². The SMILES string of the molecule is COc1ccc(C(=O)P(=O)(Oc2ccccc2C)Oc2ccccc2C)cc1. The second kappa shape index (κ2) is 8.32. The summed E-state index contributed by atoms with van der Waals surface area (Å²) in [6.07, 6.45) is 0. The van der Waals surface area contributed by atoms with Crippen LogP contribution in [0.25, 0.3) is 0 Å². The smallest absolute Gasteiger partial charge is 0.497 e. The lowest BCUT2D eigenvalue weighted by molar-refractivity contribution is 0.104. The van der Waals surface area contributed by atoms with Gasteiger partial charge in [0, 0.05) is 5.56 Å². The third kappa shape index (κ3) is 4.26. The minimum Gasteiger partial charge on any atom is -0.497 e. The van der Waals surface area contributed by atoms with Crippen molar-refractivity contribution in [3.63, 3.8) is 0 Å². The molecule has 0 spiro atoms.